The standard InChI is InChI=1S/C22H23ClN4O4/c1-3-11-24-20(29)15-10-9-14(23)12-17(15)25-19(28)13-27-18-8-6-5-7-16(18)21(30)26(4-2)22(27)31/h5-10,12H,3-4,11,13H2,1-2H3,(H,24,29)(H,25,28). The molecule has 162 valence electrons. The van der Waals surface area contributed by atoms with Gasteiger partial charge in [-0.2, -0.15) is 0 Å². The van der Waals surface area contributed by atoms with Crippen LogP contribution in [0, 0.1) is 0 Å². The number of aromatic nitrogens is 2. The number of carbonyl (C=O) groups is 2. The molecule has 2 aromatic carbocycles. The number of amides is 2. The first-order valence-corrected chi connectivity index (χ1v) is 10.3. The lowest BCUT2D eigenvalue weighted by Gasteiger charge is -2.15. The number of nitrogens with zero attached hydrogens (tertiary/aromatic N) is 2. The Bertz CT molecular complexity index is 1260. The van der Waals surface area contributed by atoms with Crippen molar-refractivity contribution in [3.05, 3.63) is 73.9 Å². The Labute approximate surface area is 183 Å². The minimum atomic E-state index is -0.576. The molecule has 0 aliphatic rings. The van der Waals surface area contributed by atoms with Crippen LogP contribution >= 0.6 is 11.6 Å². The summed E-state index contributed by atoms with van der Waals surface area (Å²) >= 11 is 6.05. The molecular weight excluding hydrogens is 420 g/mol. The van der Waals surface area contributed by atoms with Crippen LogP contribution in [-0.4, -0.2) is 27.5 Å². The van der Waals surface area contributed by atoms with Gasteiger partial charge in [0.25, 0.3) is 11.5 Å². The largest absolute Gasteiger partial charge is 0.352 e. The van der Waals surface area contributed by atoms with E-state index in [1.54, 1.807) is 37.3 Å². The maximum Gasteiger partial charge on any atom is 0.331 e. The van der Waals surface area contributed by atoms with Gasteiger partial charge in [-0.1, -0.05) is 30.7 Å². The molecule has 3 rings (SSSR count). The number of anilines is 1. The van der Waals surface area contributed by atoms with Crippen molar-refractivity contribution in [3.8, 4) is 0 Å². The number of hydrogen-bond acceptors (Lipinski definition) is 4. The van der Waals surface area contributed by atoms with Crippen LogP contribution in [0.25, 0.3) is 10.9 Å². The third kappa shape index (κ3) is 4.69. The van der Waals surface area contributed by atoms with Crippen LogP contribution in [-0.2, 0) is 17.9 Å². The molecule has 31 heavy (non-hydrogen) atoms. The van der Waals surface area contributed by atoms with E-state index in [0.29, 0.717) is 22.5 Å². The van der Waals surface area contributed by atoms with Crippen LogP contribution in [0.4, 0.5) is 5.69 Å². The summed E-state index contributed by atoms with van der Waals surface area (Å²) in [6.45, 7) is 3.97. The highest BCUT2D eigenvalue weighted by Crippen LogP contribution is 2.21. The number of benzene rings is 2. The van der Waals surface area contributed by atoms with Crippen LogP contribution in [0.15, 0.2) is 52.1 Å². The van der Waals surface area contributed by atoms with Crippen LogP contribution in [0.5, 0.6) is 0 Å². The maximum absolute atomic E-state index is 12.8. The van der Waals surface area contributed by atoms with Crippen molar-refractivity contribution in [2.75, 3.05) is 11.9 Å². The molecule has 0 fully saturated rings. The second-order valence-corrected chi connectivity index (χ2v) is 7.37. The Morgan fingerprint density at radius 3 is 2.48 bits per heavy atom. The molecule has 1 aromatic heterocycles. The van der Waals surface area contributed by atoms with E-state index in [-0.39, 0.29) is 30.2 Å². The number of nitrogens with one attached hydrogen (secondary N) is 2. The Morgan fingerprint density at radius 2 is 1.77 bits per heavy atom. The van der Waals surface area contributed by atoms with Crippen LogP contribution in [0.1, 0.15) is 30.6 Å². The lowest BCUT2D eigenvalue weighted by molar-refractivity contribution is -0.116. The number of rotatable bonds is 7. The maximum atomic E-state index is 12.8. The molecule has 2 amide bonds. The molecule has 0 aliphatic heterocycles. The van der Waals surface area contributed by atoms with Crippen molar-refractivity contribution in [3.63, 3.8) is 0 Å². The molecule has 8 nitrogen and oxygen atoms in total. The highest BCUT2D eigenvalue weighted by atomic mass is 35.5. The van der Waals surface area contributed by atoms with E-state index in [1.165, 1.54) is 16.7 Å². The summed E-state index contributed by atoms with van der Waals surface area (Å²) in [5, 5.41) is 6.13. The minimum absolute atomic E-state index is 0.181. The zero-order chi connectivity index (χ0) is 22.5. The molecule has 3 aromatic rings. The SMILES string of the molecule is CCCNC(=O)c1ccc(Cl)cc1NC(=O)Cn1c(=O)n(CC)c(=O)c2ccccc21. The number of fused-ring (bicyclic) bond motifs is 1. The average molecular weight is 443 g/mol. The topological polar surface area (TPSA) is 102 Å². The lowest BCUT2D eigenvalue weighted by atomic mass is 10.1. The Kier molecular flexibility index (Phi) is 6.91. The molecule has 0 bridgehead atoms. The normalized spacial score (nSPS) is 10.8. The van der Waals surface area contributed by atoms with Gasteiger partial charge in [0.2, 0.25) is 5.91 Å². The third-order valence-corrected chi connectivity index (χ3v) is 5.02. The molecule has 1 heterocycles. The van der Waals surface area contributed by atoms with Crippen molar-refractivity contribution in [1.82, 2.24) is 14.5 Å². The van der Waals surface area contributed by atoms with Gasteiger partial charge in [0.1, 0.15) is 6.54 Å². The van der Waals surface area contributed by atoms with E-state index in [2.05, 4.69) is 10.6 Å². The fraction of sp³-hybridized carbons (Fsp3) is 0.273. The number of carbonyl (C=O) groups excluding carboxylic acids is 2. The van der Waals surface area contributed by atoms with Gasteiger partial charge in [-0.25, -0.2) is 4.79 Å². The molecule has 0 saturated heterocycles. The highest BCUT2D eigenvalue weighted by Gasteiger charge is 2.17. The third-order valence-electron chi connectivity index (χ3n) is 4.79. The van der Waals surface area contributed by atoms with Gasteiger partial charge < -0.3 is 10.6 Å². The predicted molar refractivity (Wildman–Crippen MR) is 121 cm³/mol. The summed E-state index contributed by atoms with van der Waals surface area (Å²) in [6, 6.07) is 11.2. The quantitative estimate of drug-likeness (QED) is 0.587. The summed E-state index contributed by atoms with van der Waals surface area (Å²) in [7, 11) is 0. The fourth-order valence-corrected chi connectivity index (χ4v) is 3.46. The Morgan fingerprint density at radius 1 is 1.03 bits per heavy atom. The van der Waals surface area contributed by atoms with E-state index >= 15 is 0 Å². The van der Waals surface area contributed by atoms with Crippen molar-refractivity contribution >= 4 is 40.0 Å². The molecule has 0 unspecified atom stereocenters. The number of para-hydroxylation sites is 1. The van der Waals surface area contributed by atoms with Gasteiger partial charge in [0.15, 0.2) is 0 Å². The first-order chi connectivity index (χ1) is 14.9. The summed E-state index contributed by atoms with van der Waals surface area (Å²) in [4.78, 5) is 50.6. The zero-order valence-electron chi connectivity index (χ0n) is 17.3. The van der Waals surface area contributed by atoms with Crippen LogP contribution in [0.2, 0.25) is 5.02 Å². The summed E-state index contributed by atoms with van der Waals surface area (Å²) in [5.74, 6) is -0.865. The fourth-order valence-electron chi connectivity index (χ4n) is 3.29. The molecule has 9 heteroatoms. The van der Waals surface area contributed by atoms with Crippen molar-refractivity contribution in [2.24, 2.45) is 0 Å². The van der Waals surface area contributed by atoms with Crippen LogP contribution in [0.3, 0.4) is 0 Å². The van der Waals surface area contributed by atoms with E-state index in [1.807, 2.05) is 6.92 Å². The summed E-state index contributed by atoms with van der Waals surface area (Å²) in [5.41, 5.74) is -0.101. The Hall–Kier alpha value is -3.39. The van der Waals surface area contributed by atoms with E-state index in [9.17, 15) is 19.2 Å². The molecule has 0 radical (unpaired) electrons. The van der Waals surface area contributed by atoms with Gasteiger partial charge in [0, 0.05) is 18.1 Å². The smallest absolute Gasteiger partial charge is 0.331 e. The van der Waals surface area contributed by atoms with Gasteiger partial charge in [-0.15, -0.1) is 0 Å². The van der Waals surface area contributed by atoms with Crippen molar-refractivity contribution in [1.29, 1.82) is 0 Å². The number of halogens is 1. The zero-order valence-corrected chi connectivity index (χ0v) is 18.0. The number of hydrogen-bond donors (Lipinski definition) is 2. The Balaban J connectivity index is 1.97. The van der Waals surface area contributed by atoms with Crippen LogP contribution < -0.4 is 21.9 Å². The predicted octanol–water partition coefficient (Wildman–Crippen LogP) is 2.62. The highest BCUT2D eigenvalue weighted by molar-refractivity contribution is 6.31. The first-order valence-electron chi connectivity index (χ1n) is 9.97. The monoisotopic (exact) mass is 442 g/mol. The van der Waals surface area contributed by atoms with Crippen molar-refractivity contribution < 1.29 is 9.59 Å². The van der Waals surface area contributed by atoms with Gasteiger partial charge in [-0.3, -0.25) is 23.5 Å². The van der Waals surface area contributed by atoms with E-state index in [0.717, 1.165) is 11.0 Å². The molecule has 0 aliphatic carbocycles. The van der Waals surface area contributed by atoms with Gasteiger partial charge >= 0.3 is 5.69 Å². The molecule has 2 N–H and O–H groups in total. The molecular formula is C22H23ClN4O4. The summed E-state index contributed by atoms with van der Waals surface area (Å²) < 4.78 is 2.33. The van der Waals surface area contributed by atoms with E-state index in [4.69, 9.17) is 11.6 Å². The molecule has 0 saturated carbocycles. The second-order valence-electron chi connectivity index (χ2n) is 6.93. The molecule has 0 atom stereocenters. The van der Waals surface area contributed by atoms with Gasteiger partial charge in [-0.05, 0) is 43.7 Å². The van der Waals surface area contributed by atoms with Crippen molar-refractivity contribution in [2.45, 2.75) is 33.4 Å². The lowest BCUT2D eigenvalue weighted by Crippen LogP contribution is -2.41. The van der Waals surface area contributed by atoms with Gasteiger partial charge in [0.05, 0.1) is 22.2 Å². The second kappa shape index (κ2) is 9.61. The minimum Gasteiger partial charge on any atom is -0.352 e. The average Bonchev–Trinajstić information content (AvgIpc) is 2.75. The first kappa shape index (κ1) is 22.3. The van der Waals surface area contributed by atoms with E-state index < -0.39 is 17.2 Å². The molecule has 0 spiro atoms. The summed E-state index contributed by atoms with van der Waals surface area (Å²) in [6.07, 6.45) is 0.768.